The van der Waals surface area contributed by atoms with Crippen molar-refractivity contribution in [3.63, 3.8) is 0 Å². The second-order valence-corrected chi connectivity index (χ2v) is 7.07. The molecule has 0 atom stereocenters. The lowest BCUT2D eigenvalue weighted by Gasteiger charge is -2.48. The van der Waals surface area contributed by atoms with Crippen molar-refractivity contribution in [2.75, 3.05) is 24.5 Å². The van der Waals surface area contributed by atoms with E-state index in [2.05, 4.69) is 4.90 Å². The number of likely N-dealkylation sites (tertiary alicyclic amines) is 1. The number of anilines is 1. The first-order chi connectivity index (χ1) is 10.3. The van der Waals surface area contributed by atoms with Gasteiger partial charge in [0.05, 0.1) is 6.04 Å². The van der Waals surface area contributed by atoms with E-state index in [9.17, 15) is 9.18 Å². The van der Waals surface area contributed by atoms with E-state index in [1.54, 1.807) is 11.0 Å². The van der Waals surface area contributed by atoms with Crippen molar-refractivity contribution in [3.05, 3.63) is 29.6 Å². The van der Waals surface area contributed by atoms with Crippen LogP contribution in [0.3, 0.4) is 0 Å². The van der Waals surface area contributed by atoms with Crippen molar-refractivity contribution in [2.24, 2.45) is 0 Å². The fourth-order valence-electron chi connectivity index (χ4n) is 3.12. The minimum Gasteiger partial charge on any atom is -0.444 e. The van der Waals surface area contributed by atoms with Crippen molar-refractivity contribution in [3.8, 4) is 0 Å². The van der Waals surface area contributed by atoms with Crippen LogP contribution in [-0.2, 0) is 11.2 Å². The second kappa shape index (κ2) is 5.45. The van der Waals surface area contributed by atoms with Crippen LogP contribution in [0.15, 0.2) is 18.2 Å². The number of hydrogen-bond donors (Lipinski definition) is 0. The second-order valence-electron chi connectivity index (χ2n) is 7.07. The molecule has 2 heterocycles. The van der Waals surface area contributed by atoms with Crippen LogP contribution in [0.1, 0.15) is 32.8 Å². The first kappa shape index (κ1) is 15.1. The topological polar surface area (TPSA) is 32.8 Å². The van der Waals surface area contributed by atoms with Gasteiger partial charge in [-0.15, -0.1) is 0 Å². The largest absolute Gasteiger partial charge is 0.444 e. The van der Waals surface area contributed by atoms with Crippen molar-refractivity contribution < 1.29 is 13.9 Å². The van der Waals surface area contributed by atoms with Gasteiger partial charge in [0.15, 0.2) is 0 Å². The average molecular weight is 306 g/mol. The predicted molar refractivity (Wildman–Crippen MR) is 83.7 cm³/mol. The lowest BCUT2D eigenvalue weighted by atomic mass is 9.97. The van der Waals surface area contributed by atoms with Crippen molar-refractivity contribution in [1.82, 2.24) is 4.90 Å². The molecule has 0 unspecified atom stereocenters. The molecule has 1 amide bonds. The zero-order chi connectivity index (χ0) is 15.9. The summed E-state index contributed by atoms with van der Waals surface area (Å²) in [5.41, 5.74) is 1.33. The first-order valence-corrected chi connectivity index (χ1v) is 7.87. The fraction of sp³-hybridized carbons (Fsp3) is 0.588. The van der Waals surface area contributed by atoms with E-state index in [0.717, 1.165) is 30.6 Å². The van der Waals surface area contributed by atoms with E-state index in [1.807, 2.05) is 26.8 Å². The molecule has 0 aliphatic carbocycles. The quantitative estimate of drug-likeness (QED) is 0.799. The molecule has 4 nitrogen and oxygen atoms in total. The average Bonchev–Trinajstić information content (AvgIpc) is 2.36. The van der Waals surface area contributed by atoms with E-state index >= 15 is 0 Å². The summed E-state index contributed by atoms with van der Waals surface area (Å²) in [6.07, 6.45) is 1.48. The molecule has 0 spiro atoms. The summed E-state index contributed by atoms with van der Waals surface area (Å²) in [6, 6.07) is 5.52. The molecule has 22 heavy (non-hydrogen) atoms. The molecule has 1 aromatic carbocycles. The molecular weight excluding hydrogens is 283 g/mol. The van der Waals surface area contributed by atoms with E-state index < -0.39 is 5.60 Å². The third kappa shape index (κ3) is 2.89. The van der Waals surface area contributed by atoms with Crippen LogP contribution in [0.25, 0.3) is 0 Å². The Morgan fingerprint density at radius 2 is 2.05 bits per heavy atom. The minimum atomic E-state index is -0.469. The van der Waals surface area contributed by atoms with E-state index in [4.69, 9.17) is 4.74 Å². The lowest BCUT2D eigenvalue weighted by Crippen LogP contribution is -2.62. The molecule has 0 saturated carbocycles. The Morgan fingerprint density at radius 3 is 2.73 bits per heavy atom. The van der Waals surface area contributed by atoms with Gasteiger partial charge in [-0.2, -0.15) is 0 Å². The minimum absolute atomic E-state index is 0.120. The number of amides is 1. The zero-order valence-electron chi connectivity index (χ0n) is 13.4. The smallest absolute Gasteiger partial charge is 0.410 e. The number of ether oxygens (including phenoxy) is 1. The number of carbonyl (C=O) groups excluding carboxylic acids is 1. The summed E-state index contributed by atoms with van der Waals surface area (Å²) in [7, 11) is 0. The molecule has 0 radical (unpaired) electrons. The molecule has 3 rings (SSSR count). The third-order valence-corrected chi connectivity index (χ3v) is 4.18. The molecule has 1 saturated heterocycles. The van der Waals surface area contributed by atoms with Gasteiger partial charge in [0.1, 0.15) is 11.4 Å². The highest BCUT2D eigenvalue weighted by molar-refractivity contribution is 5.70. The molecule has 1 aromatic rings. The van der Waals surface area contributed by atoms with Crippen molar-refractivity contribution in [1.29, 1.82) is 0 Å². The maximum atomic E-state index is 13.9. The summed E-state index contributed by atoms with van der Waals surface area (Å²) in [4.78, 5) is 15.9. The SMILES string of the molecule is CC(C)(C)OC(=O)N1CC(N2CCCc3c(F)cccc32)C1. The Hall–Kier alpha value is -1.78. The van der Waals surface area contributed by atoms with Gasteiger partial charge in [-0.1, -0.05) is 6.07 Å². The number of carbonyl (C=O) groups is 1. The van der Waals surface area contributed by atoms with Gasteiger partial charge in [0.25, 0.3) is 0 Å². The highest BCUT2D eigenvalue weighted by atomic mass is 19.1. The van der Waals surface area contributed by atoms with E-state index in [1.165, 1.54) is 6.07 Å². The van der Waals surface area contributed by atoms with Crippen LogP contribution in [0.4, 0.5) is 14.9 Å². The van der Waals surface area contributed by atoms with Crippen LogP contribution < -0.4 is 4.90 Å². The molecule has 120 valence electrons. The molecule has 0 N–H and O–H groups in total. The molecule has 0 aromatic heterocycles. The summed E-state index contributed by atoms with van der Waals surface area (Å²) in [5, 5.41) is 0. The normalized spacial score (nSPS) is 18.7. The Labute approximate surface area is 130 Å². The summed E-state index contributed by atoms with van der Waals surface area (Å²) >= 11 is 0. The molecule has 5 heteroatoms. The summed E-state index contributed by atoms with van der Waals surface area (Å²) < 4.78 is 19.3. The molecule has 1 fully saturated rings. The number of fused-ring (bicyclic) bond motifs is 1. The number of nitrogens with zero attached hydrogens (tertiary/aromatic N) is 2. The zero-order valence-corrected chi connectivity index (χ0v) is 13.4. The van der Waals surface area contributed by atoms with Gasteiger partial charge in [-0.05, 0) is 45.7 Å². The Kier molecular flexibility index (Phi) is 3.75. The van der Waals surface area contributed by atoms with Gasteiger partial charge in [-0.25, -0.2) is 9.18 Å². The van der Waals surface area contributed by atoms with Crippen LogP contribution in [0.5, 0.6) is 0 Å². The van der Waals surface area contributed by atoms with Crippen LogP contribution >= 0.6 is 0 Å². The standard InChI is InChI=1S/C17H23FN2O2/c1-17(2,3)22-16(21)19-10-12(11-19)20-9-5-6-13-14(18)7-4-8-15(13)20/h4,7-8,12H,5-6,9-11H2,1-3H3. The van der Waals surface area contributed by atoms with Gasteiger partial charge in [0, 0.05) is 30.9 Å². The lowest BCUT2D eigenvalue weighted by molar-refractivity contribution is 0.00800. The monoisotopic (exact) mass is 306 g/mol. The Bertz CT molecular complexity index is 577. The van der Waals surface area contributed by atoms with Crippen molar-refractivity contribution >= 4 is 11.8 Å². The van der Waals surface area contributed by atoms with Gasteiger partial charge >= 0.3 is 6.09 Å². The van der Waals surface area contributed by atoms with E-state index in [0.29, 0.717) is 13.1 Å². The van der Waals surface area contributed by atoms with Crippen molar-refractivity contribution in [2.45, 2.75) is 45.3 Å². The van der Waals surface area contributed by atoms with E-state index in [-0.39, 0.29) is 18.0 Å². The van der Waals surface area contributed by atoms with Crippen LogP contribution in [-0.4, -0.2) is 42.3 Å². The summed E-state index contributed by atoms with van der Waals surface area (Å²) in [5.74, 6) is -0.120. The molecule has 0 bridgehead atoms. The van der Waals surface area contributed by atoms with Gasteiger partial charge in [0.2, 0.25) is 0 Å². The molecular formula is C17H23FN2O2. The maximum absolute atomic E-state index is 13.9. The first-order valence-electron chi connectivity index (χ1n) is 7.87. The highest BCUT2D eigenvalue weighted by Gasteiger charge is 2.38. The maximum Gasteiger partial charge on any atom is 0.410 e. The fourth-order valence-corrected chi connectivity index (χ4v) is 3.12. The third-order valence-electron chi connectivity index (χ3n) is 4.18. The number of hydrogen-bond acceptors (Lipinski definition) is 3. The molecule has 2 aliphatic rings. The molecule has 2 aliphatic heterocycles. The number of rotatable bonds is 1. The Balaban J connectivity index is 1.65. The van der Waals surface area contributed by atoms with Crippen LogP contribution in [0.2, 0.25) is 0 Å². The van der Waals surface area contributed by atoms with Crippen LogP contribution in [0, 0.1) is 5.82 Å². The Morgan fingerprint density at radius 1 is 1.32 bits per heavy atom. The summed E-state index contributed by atoms with van der Waals surface area (Å²) in [6.45, 7) is 7.81. The number of benzene rings is 1. The van der Waals surface area contributed by atoms with Gasteiger partial charge < -0.3 is 14.5 Å². The number of halogens is 1. The highest BCUT2D eigenvalue weighted by Crippen LogP contribution is 2.33. The predicted octanol–water partition coefficient (Wildman–Crippen LogP) is 3.20. The van der Waals surface area contributed by atoms with Gasteiger partial charge in [-0.3, -0.25) is 0 Å².